The lowest BCUT2D eigenvalue weighted by Crippen LogP contribution is -2.39. The van der Waals surface area contributed by atoms with Gasteiger partial charge in [-0.15, -0.1) is 0 Å². The smallest absolute Gasteiger partial charge is 0.327 e. The highest BCUT2D eigenvalue weighted by Crippen LogP contribution is 2.23. The minimum atomic E-state index is -4.15. The first-order chi connectivity index (χ1) is 19.0. The number of sulfonamides is 1. The lowest BCUT2D eigenvalue weighted by Gasteiger charge is -2.24. The number of anilines is 1. The molecule has 2 atom stereocenters. The minimum Gasteiger partial charge on any atom is -0.481 e. The van der Waals surface area contributed by atoms with Crippen LogP contribution in [0.15, 0.2) is 34.0 Å². The number of hydrogen-bond donors (Lipinski definition) is 5. The zero-order valence-electron chi connectivity index (χ0n) is 22.5. The summed E-state index contributed by atoms with van der Waals surface area (Å²) in [6, 6.07) is 5.68. The Hall–Kier alpha value is -3.53. The predicted octanol–water partition coefficient (Wildman–Crippen LogP) is 0.893. The van der Waals surface area contributed by atoms with Gasteiger partial charge in [-0.3, -0.25) is 9.36 Å². The van der Waals surface area contributed by atoms with Crippen molar-refractivity contribution in [3.05, 3.63) is 40.3 Å². The fourth-order valence-electron chi connectivity index (χ4n) is 4.01. The number of aliphatic hydroxyl groups is 2. The van der Waals surface area contributed by atoms with Gasteiger partial charge in [0, 0.05) is 19.6 Å². The summed E-state index contributed by atoms with van der Waals surface area (Å²) in [5, 5.41) is 28.7. The maximum absolute atomic E-state index is 13.4. The summed E-state index contributed by atoms with van der Waals surface area (Å²) in [4.78, 5) is 34.9. The lowest BCUT2D eigenvalue weighted by molar-refractivity contribution is -0.138. The number of aliphatic hydroxyl groups excluding tert-OH is 2. The number of carbonyl (C=O) groups is 1. The number of aliphatic carboxylic acids is 1. The summed E-state index contributed by atoms with van der Waals surface area (Å²) in [6.07, 6.45) is 1.05. The number of nitrogens with two attached hydrogens (primary N) is 1. The van der Waals surface area contributed by atoms with Gasteiger partial charge in [0.1, 0.15) is 5.52 Å². The maximum Gasteiger partial charge on any atom is 0.327 e. The third kappa shape index (κ3) is 7.35. The number of unbranched alkanes of at least 4 members (excludes halogenated alkanes) is 2. The summed E-state index contributed by atoms with van der Waals surface area (Å²) in [5.41, 5.74) is 6.39. The van der Waals surface area contributed by atoms with Crippen LogP contribution in [0.3, 0.4) is 0 Å². The quantitative estimate of drug-likeness (QED) is 0.150. The molecule has 0 spiro atoms. The van der Waals surface area contributed by atoms with E-state index >= 15 is 0 Å². The second-order valence-corrected chi connectivity index (χ2v) is 11.4. The van der Waals surface area contributed by atoms with Crippen molar-refractivity contribution in [2.45, 2.75) is 63.0 Å². The van der Waals surface area contributed by atoms with Crippen LogP contribution in [0.25, 0.3) is 11.2 Å². The van der Waals surface area contributed by atoms with Crippen molar-refractivity contribution in [1.29, 1.82) is 0 Å². The van der Waals surface area contributed by atoms with E-state index < -0.39 is 40.3 Å². The minimum absolute atomic E-state index is 0.0300. The van der Waals surface area contributed by atoms with Crippen molar-refractivity contribution in [3.63, 3.8) is 0 Å². The second-order valence-electron chi connectivity index (χ2n) is 9.41. The molecule has 40 heavy (non-hydrogen) atoms. The highest BCUT2D eigenvalue weighted by Gasteiger charge is 2.27. The number of carboxylic acid groups (broad SMARTS) is 1. The van der Waals surface area contributed by atoms with E-state index in [1.807, 2.05) is 6.92 Å². The number of aromatic amines is 1. The first-order valence-electron chi connectivity index (χ1n) is 13.0. The van der Waals surface area contributed by atoms with Crippen LogP contribution in [0.1, 0.15) is 51.0 Å². The number of H-pyrrole nitrogens is 1. The summed E-state index contributed by atoms with van der Waals surface area (Å²) >= 11 is 0. The van der Waals surface area contributed by atoms with E-state index in [-0.39, 0.29) is 47.5 Å². The Morgan fingerprint density at radius 3 is 2.67 bits per heavy atom. The van der Waals surface area contributed by atoms with Crippen molar-refractivity contribution in [2.24, 2.45) is 0 Å². The van der Waals surface area contributed by atoms with Crippen molar-refractivity contribution in [3.8, 4) is 6.01 Å². The van der Waals surface area contributed by atoms with Crippen LogP contribution >= 0.6 is 0 Å². The van der Waals surface area contributed by atoms with Crippen LogP contribution in [-0.4, -0.2) is 85.9 Å². The summed E-state index contributed by atoms with van der Waals surface area (Å²) in [6.45, 7) is 3.01. The van der Waals surface area contributed by atoms with Gasteiger partial charge in [0.05, 0.1) is 30.1 Å². The number of imidazole rings is 1. The molecule has 1 unspecified atom stereocenters. The number of nitrogens with one attached hydrogen (secondary N) is 1. The Labute approximate surface area is 231 Å². The van der Waals surface area contributed by atoms with Crippen molar-refractivity contribution >= 4 is 33.0 Å². The first-order valence-corrected chi connectivity index (χ1v) is 14.4. The molecule has 1 aromatic carbocycles. The summed E-state index contributed by atoms with van der Waals surface area (Å²) < 4.78 is 34.8. The molecule has 0 fully saturated rings. The van der Waals surface area contributed by atoms with Crippen LogP contribution in [0.4, 0.5) is 5.82 Å². The van der Waals surface area contributed by atoms with Gasteiger partial charge in [-0.1, -0.05) is 25.5 Å². The van der Waals surface area contributed by atoms with Crippen molar-refractivity contribution in [2.75, 3.05) is 32.0 Å². The third-order valence-corrected chi connectivity index (χ3v) is 8.25. The van der Waals surface area contributed by atoms with Gasteiger partial charge in [-0.25, -0.2) is 13.2 Å². The van der Waals surface area contributed by atoms with Crippen LogP contribution in [0, 0.1) is 0 Å². The molecule has 0 bridgehead atoms. The number of benzene rings is 1. The SMILES string of the molecule is CCCCOc1nc(N)c2[nH]c(=O)n(CCCCN(C[C@@H](O)CO)S(=O)(=O)c3cccc(C(C)C(=O)O)c3)c2n1. The average Bonchev–Trinajstić information content (AvgIpc) is 3.25. The van der Waals surface area contributed by atoms with E-state index in [9.17, 15) is 33.3 Å². The Morgan fingerprint density at radius 1 is 1.25 bits per heavy atom. The Kier molecular flexibility index (Phi) is 10.6. The number of carboxylic acids is 1. The number of nitrogens with zero attached hydrogens (tertiary/aromatic N) is 4. The fraction of sp³-hybridized carbons (Fsp3) is 0.520. The van der Waals surface area contributed by atoms with E-state index in [0.29, 0.717) is 25.0 Å². The largest absolute Gasteiger partial charge is 0.481 e. The highest BCUT2D eigenvalue weighted by atomic mass is 32.2. The molecule has 0 aliphatic rings. The highest BCUT2D eigenvalue weighted by molar-refractivity contribution is 7.89. The standard InChI is InChI=1S/C25H36N6O8S/c1-3-4-12-39-24-28-21(26)20-22(29-24)31(25(36)27-20)11-6-5-10-30(14-18(33)15-32)40(37,38)19-9-7-8-17(13-19)16(2)23(34)35/h7-9,13,16,18,32-33H,3-6,10-12,14-15H2,1-2H3,(H,27,36)(H,34,35)(H2,26,28,29)/t16?,18-/m1/s1. The molecule has 0 radical (unpaired) electrons. The predicted molar refractivity (Wildman–Crippen MR) is 147 cm³/mol. The number of aromatic nitrogens is 4. The Balaban J connectivity index is 1.77. The number of fused-ring (bicyclic) bond motifs is 1. The molecular formula is C25H36N6O8S. The number of hydrogen-bond acceptors (Lipinski definition) is 10. The van der Waals surface area contributed by atoms with E-state index in [1.54, 1.807) is 0 Å². The van der Waals surface area contributed by atoms with Gasteiger partial charge in [-0.05, 0) is 43.9 Å². The van der Waals surface area contributed by atoms with E-state index in [2.05, 4.69) is 15.0 Å². The molecule has 2 heterocycles. The van der Waals surface area contributed by atoms with Gasteiger partial charge in [0.25, 0.3) is 0 Å². The molecule has 0 saturated carbocycles. The lowest BCUT2D eigenvalue weighted by atomic mass is 10.0. The molecule has 0 amide bonds. The van der Waals surface area contributed by atoms with Crippen LogP contribution in [0.2, 0.25) is 0 Å². The Morgan fingerprint density at radius 2 is 2.00 bits per heavy atom. The monoisotopic (exact) mass is 580 g/mol. The van der Waals surface area contributed by atoms with Crippen LogP contribution in [0.5, 0.6) is 6.01 Å². The van der Waals surface area contributed by atoms with Gasteiger partial charge >= 0.3 is 17.7 Å². The summed E-state index contributed by atoms with van der Waals surface area (Å²) in [5.74, 6) is -1.94. The van der Waals surface area contributed by atoms with Gasteiger partial charge in [0.2, 0.25) is 10.0 Å². The third-order valence-electron chi connectivity index (χ3n) is 6.39. The molecule has 0 aliphatic heterocycles. The molecule has 220 valence electrons. The van der Waals surface area contributed by atoms with Crippen LogP contribution in [-0.2, 0) is 21.4 Å². The second kappa shape index (κ2) is 13.7. The van der Waals surface area contributed by atoms with E-state index in [1.165, 1.54) is 35.8 Å². The zero-order chi connectivity index (χ0) is 29.4. The normalized spacial score (nSPS) is 13.5. The van der Waals surface area contributed by atoms with E-state index in [0.717, 1.165) is 17.1 Å². The molecule has 0 aliphatic carbocycles. The molecule has 0 saturated heterocycles. The molecule has 3 rings (SSSR count). The summed E-state index contributed by atoms with van der Waals surface area (Å²) in [7, 11) is -4.15. The molecular weight excluding hydrogens is 544 g/mol. The molecule has 3 aromatic rings. The molecule has 15 heteroatoms. The number of ether oxygens (including phenoxy) is 1. The maximum atomic E-state index is 13.4. The van der Waals surface area contributed by atoms with Crippen LogP contribution < -0.4 is 16.2 Å². The molecule has 2 aromatic heterocycles. The number of aryl methyl sites for hydroxylation is 1. The number of rotatable bonds is 16. The average molecular weight is 581 g/mol. The molecule has 6 N–H and O–H groups in total. The van der Waals surface area contributed by atoms with Crippen molar-refractivity contribution < 1.29 is 33.3 Å². The van der Waals surface area contributed by atoms with Gasteiger partial charge in [-0.2, -0.15) is 14.3 Å². The number of nitrogen functional groups attached to an aromatic ring is 1. The van der Waals surface area contributed by atoms with Crippen molar-refractivity contribution in [1.82, 2.24) is 23.8 Å². The first kappa shape index (κ1) is 31.0. The van der Waals surface area contributed by atoms with E-state index in [4.69, 9.17) is 10.5 Å². The Bertz CT molecular complexity index is 1470. The zero-order valence-corrected chi connectivity index (χ0v) is 23.3. The van der Waals surface area contributed by atoms with Gasteiger partial charge < -0.3 is 30.8 Å². The molecule has 14 nitrogen and oxygen atoms in total. The fourth-order valence-corrected chi connectivity index (χ4v) is 5.58. The topological polar surface area (TPSA) is 214 Å². The van der Waals surface area contributed by atoms with Gasteiger partial charge in [0.15, 0.2) is 11.5 Å².